The molecule has 5 rings (SSSR count). The summed E-state index contributed by atoms with van der Waals surface area (Å²) in [5.41, 5.74) is 2.35. The van der Waals surface area contributed by atoms with E-state index in [2.05, 4.69) is 9.97 Å². The third kappa shape index (κ3) is 3.74. The monoisotopic (exact) mass is 485 g/mol. The van der Waals surface area contributed by atoms with E-state index in [1.807, 2.05) is 13.0 Å². The summed E-state index contributed by atoms with van der Waals surface area (Å²) in [6, 6.07) is 8.76. The molecular weight excluding hydrogens is 469 g/mol. The second-order valence-corrected chi connectivity index (χ2v) is 9.40. The first-order valence-electron chi connectivity index (χ1n) is 9.85. The maximum atomic E-state index is 13.1. The standard InChI is InChI=1S/C22H17Cl2N5O2S/c1-13-10-28(12-26-13)18-4-5-19-21(30)27(6-7-29(19)22(18)31)11-15-9-25-20(32-15)14-2-3-16(23)17(24)8-14/h2-5,8-10,12H,6-7,11H2,1H3. The average Bonchev–Trinajstić information content (AvgIpc) is 3.42. The molecule has 0 unspecified atom stereocenters. The fourth-order valence-corrected chi connectivity index (χ4v) is 4.91. The first-order chi connectivity index (χ1) is 15.4. The van der Waals surface area contributed by atoms with E-state index in [0.29, 0.717) is 41.1 Å². The van der Waals surface area contributed by atoms with E-state index in [1.165, 1.54) is 15.9 Å². The van der Waals surface area contributed by atoms with E-state index >= 15 is 0 Å². The van der Waals surface area contributed by atoms with Crippen molar-refractivity contribution in [3.63, 3.8) is 0 Å². The molecule has 32 heavy (non-hydrogen) atoms. The Morgan fingerprint density at radius 2 is 1.91 bits per heavy atom. The first-order valence-corrected chi connectivity index (χ1v) is 11.4. The normalized spacial score (nSPS) is 13.5. The van der Waals surface area contributed by atoms with Gasteiger partial charge in [-0.2, -0.15) is 0 Å². The summed E-state index contributed by atoms with van der Waals surface area (Å²) in [5, 5.41) is 1.77. The fourth-order valence-electron chi connectivity index (χ4n) is 3.69. The Bertz CT molecular complexity index is 1410. The number of aromatic nitrogens is 4. The average molecular weight is 486 g/mol. The number of benzene rings is 1. The minimum atomic E-state index is -0.201. The Hall–Kier alpha value is -2.94. The van der Waals surface area contributed by atoms with Crippen LogP contribution in [0.1, 0.15) is 21.1 Å². The van der Waals surface area contributed by atoms with Crippen LogP contribution in [0.15, 0.2) is 53.8 Å². The van der Waals surface area contributed by atoms with Crippen molar-refractivity contribution in [3.05, 3.63) is 85.7 Å². The Balaban J connectivity index is 1.37. The molecule has 1 aliphatic rings. The highest BCUT2D eigenvalue weighted by molar-refractivity contribution is 7.15. The highest BCUT2D eigenvalue weighted by Crippen LogP contribution is 2.31. The molecule has 0 spiro atoms. The van der Waals surface area contributed by atoms with Crippen LogP contribution in [0.5, 0.6) is 0 Å². The van der Waals surface area contributed by atoms with Gasteiger partial charge in [0, 0.05) is 35.9 Å². The summed E-state index contributed by atoms with van der Waals surface area (Å²) < 4.78 is 3.22. The first kappa shape index (κ1) is 20.9. The fraction of sp³-hybridized carbons (Fsp3) is 0.182. The van der Waals surface area contributed by atoms with Crippen molar-refractivity contribution in [1.29, 1.82) is 0 Å². The molecule has 0 saturated carbocycles. The van der Waals surface area contributed by atoms with Gasteiger partial charge in [-0.15, -0.1) is 11.3 Å². The number of fused-ring (bicyclic) bond motifs is 1. The number of hydrogen-bond donors (Lipinski definition) is 0. The summed E-state index contributed by atoms with van der Waals surface area (Å²) in [7, 11) is 0. The van der Waals surface area contributed by atoms with E-state index < -0.39 is 0 Å². The van der Waals surface area contributed by atoms with Crippen LogP contribution in [-0.2, 0) is 13.1 Å². The van der Waals surface area contributed by atoms with Gasteiger partial charge in [-0.3, -0.25) is 9.59 Å². The minimum Gasteiger partial charge on any atom is -0.330 e. The second-order valence-electron chi connectivity index (χ2n) is 7.47. The molecule has 1 amide bonds. The molecule has 10 heteroatoms. The molecule has 3 aromatic heterocycles. The Kier molecular flexibility index (Phi) is 5.36. The molecule has 0 N–H and O–H groups in total. The third-order valence-corrected chi connectivity index (χ3v) is 7.08. The molecular formula is C22H17Cl2N5O2S. The van der Waals surface area contributed by atoms with Crippen LogP contribution in [0.3, 0.4) is 0 Å². The number of thiazole rings is 1. The second kappa shape index (κ2) is 8.20. The van der Waals surface area contributed by atoms with Gasteiger partial charge in [0.1, 0.15) is 16.4 Å². The van der Waals surface area contributed by atoms with Crippen molar-refractivity contribution < 1.29 is 4.79 Å². The number of hydrogen-bond acceptors (Lipinski definition) is 5. The molecule has 0 atom stereocenters. The highest BCUT2D eigenvalue weighted by atomic mass is 35.5. The quantitative estimate of drug-likeness (QED) is 0.428. The van der Waals surface area contributed by atoms with Crippen molar-refractivity contribution in [2.45, 2.75) is 20.0 Å². The van der Waals surface area contributed by atoms with Gasteiger partial charge >= 0.3 is 0 Å². The van der Waals surface area contributed by atoms with Crippen molar-refractivity contribution in [2.24, 2.45) is 0 Å². The van der Waals surface area contributed by atoms with Crippen molar-refractivity contribution in [2.75, 3.05) is 6.54 Å². The number of imidazole rings is 1. The number of amides is 1. The molecule has 7 nitrogen and oxygen atoms in total. The molecule has 162 valence electrons. The van der Waals surface area contributed by atoms with Gasteiger partial charge in [-0.1, -0.05) is 29.3 Å². The van der Waals surface area contributed by atoms with Gasteiger partial charge in [-0.05, 0) is 31.2 Å². The highest BCUT2D eigenvalue weighted by Gasteiger charge is 2.27. The molecule has 1 aromatic carbocycles. The Labute approximate surface area is 197 Å². The molecule has 1 aliphatic heterocycles. The van der Waals surface area contributed by atoms with Gasteiger partial charge < -0.3 is 14.0 Å². The zero-order valence-corrected chi connectivity index (χ0v) is 19.3. The van der Waals surface area contributed by atoms with Crippen molar-refractivity contribution in [1.82, 2.24) is 24.0 Å². The predicted octanol–water partition coefficient (Wildman–Crippen LogP) is 4.43. The number of aryl methyl sites for hydroxylation is 1. The smallest absolute Gasteiger partial charge is 0.275 e. The maximum absolute atomic E-state index is 13.1. The van der Waals surface area contributed by atoms with Crippen LogP contribution >= 0.6 is 34.5 Å². The van der Waals surface area contributed by atoms with Crippen LogP contribution in [-0.4, -0.2) is 36.5 Å². The number of nitrogens with zero attached hydrogens (tertiary/aromatic N) is 5. The number of pyridine rings is 1. The SMILES string of the molecule is Cc1cn(-c2ccc3n(c2=O)CCN(Cc2cnc(-c4ccc(Cl)c(Cl)c4)s2)C3=O)cn1. The van der Waals surface area contributed by atoms with Crippen molar-refractivity contribution >= 4 is 40.4 Å². The van der Waals surface area contributed by atoms with E-state index in [1.54, 1.807) is 52.5 Å². The maximum Gasteiger partial charge on any atom is 0.275 e. The topological polar surface area (TPSA) is 73.0 Å². The number of carbonyl (C=O) groups excluding carboxylic acids is 1. The minimum absolute atomic E-state index is 0.175. The lowest BCUT2D eigenvalue weighted by Crippen LogP contribution is -2.44. The third-order valence-electron chi connectivity index (χ3n) is 5.31. The molecule has 0 radical (unpaired) electrons. The van der Waals surface area contributed by atoms with Crippen LogP contribution in [0.2, 0.25) is 10.0 Å². The van der Waals surface area contributed by atoms with E-state index in [4.69, 9.17) is 23.2 Å². The summed E-state index contributed by atoms with van der Waals surface area (Å²) in [6.07, 6.45) is 5.16. The Morgan fingerprint density at radius 3 is 2.66 bits per heavy atom. The van der Waals surface area contributed by atoms with Crippen molar-refractivity contribution in [3.8, 4) is 16.3 Å². The van der Waals surface area contributed by atoms with E-state index in [9.17, 15) is 9.59 Å². The van der Waals surface area contributed by atoms with Gasteiger partial charge in [-0.25, -0.2) is 9.97 Å². The van der Waals surface area contributed by atoms with Gasteiger partial charge in [0.15, 0.2) is 0 Å². The summed E-state index contributed by atoms with van der Waals surface area (Å²) >= 11 is 13.6. The summed E-state index contributed by atoms with van der Waals surface area (Å²) in [6.45, 7) is 3.16. The lowest BCUT2D eigenvalue weighted by atomic mass is 10.2. The lowest BCUT2D eigenvalue weighted by molar-refractivity contribution is 0.0688. The van der Waals surface area contributed by atoms with E-state index in [-0.39, 0.29) is 11.5 Å². The summed E-state index contributed by atoms with van der Waals surface area (Å²) in [4.78, 5) is 37.4. The number of halogens is 2. The molecule has 0 fully saturated rings. The molecule has 4 heterocycles. The van der Waals surface area contributed by atoms with Crippen LogP contribution in [0, 0.1) is 6.92 Å². The molecule has 4 aromatic rings. The van der Waals surface area contributed by atoms with Gasteiger partial charge in [0.05, 0.1) is 28.6 Å². The van der Waals surface area contributed by atoms with Crippen LogP contribution < -0.4 is 5.56 Å². The molecule has 0 saturated heterocycles. The zero-order valence-electron chi connectivity index (χ0n) is 17.0. The zero-order chi connectivity index (χ0) is 22.4. The van der Waals surface area contributed by atoms with E-state index in [0.717, 1.165) is 21.1 Å². The van der Waals surface area contributed by atoms with Crippen LogP contribution in [0.25, 0.3) is 16.3 Å². The van der Waals surface area contributed by atoms with Gasteiger partial charge in [0.25, 0.3) is 11.5 Å². The Morgan fingerprint density at radius 1 is 1.06 bits per heavy atom. The number of carbonyl (C=O) groups is 1. The van der Waals surface area contributed by atoms with Gasteiger partial charge in [0.2, 0.25) is 0 Å². The number of rotatable bonds is 4. The summed E-state index contributed by atoms with van der Waals surface area (Å²) in [5.74, 6) is -0.175. The molecule has 0 aliphatic carbocycles. The largest absolute Gasteiger partial charge is 0.330 e. The lowest BCUT2D eigenvalue weighted by Gasteiger charge is -2.29. The molecule has 0 bridgehead atoms. The van der Waals surface area contributed by atoms with Crippen LogP contribution in [0.4, 0.5) is 0 Å². The predicted molar refractivity (Wildman–Crippen MR) is 125 cm³/mol.